The maximum atomic E-state index is 16.5. The predicted molar refractivity (Wildman–Crippen MR) is 173 cm³/mol. The number of fused-ring (bicyclic) bond motifs is 1. The van der Waals surface area contributed by atoms with Gasteiger partial charge in [-0.05, 0) is 69.5 Å². The van der Waals surface area contributed by atoms with E-state index < -0.39 is 5.83 Å². The smallest absolute Gasteiger partial charge is 0.142 e. The Kier molecular flexibility index (Phi) is 9.55. The molecule has 0 aromatic carbocycles. The van der Waals surface area contributed by atoms with Crippen LogP contribution in [0.15, 0.2) is 66.4 Å². The van der Waals surface area contributed by atoms with Crippen molar-refractivity contribution in [3.63, 3.8) is 0 Å². The number of pyridine rings is 1. The van der Waals surface area contributed by atoms with E-state index in [1.807, 2.05) is 56.5 Å². The zero-order valence-corrected chi connectivity index (χ0v) is 25.3. The van der Waals surface area contributed by atoms with E-state index in [4.69, 9.17) is 4.98 Å². The van der Waals surface area contributed by atoms with Gasteiger partial charge in [0.15, 0.2) is 0 Å². The van der Waals surface area contributed by atoms with E-state index in [9.17, 15) is 0 Å². The molecule has 3 N–H and O–H groups in total. The van der Waals surface area contributed by atoms with E-state index in [0.29, 0.717) is 28.4 Å². The van der Waals surface area contributed by atoms with Crippen LogP contribution in [0.5, 0.6) is 0 Å². The highest BCUT2D eigenvalue weighted by Crippen LogP contribution is 2.30. The van der Waals surface area contributed by atoms with Crippen molar-refractivity contribution in [2.45, 2.75) is 39.5 Å². The van der Waals surface area contributed by atoms with Crippen molar-refractivity contribution in [1.82, 2.24) is 30.4 Å². The Labute approximate surface area is 248 Å². The van der Waals surface area contributed by atoms with E-state index in [-0.39, 0.29) is 0 Å². The third-order valence-electron chi connectivity index (χ3n) is 8.65. The van der Waals surface area contributed by atoms with Crippen molar-refractivity contribution in [2.24, 2.45) is 5.92 Å². The quantitative estimate of drug-likeness (QED) is 0.301. The summed E-state index contributed by atoms with van der Waals surface area (Å²) in [6.07, 6.45) is 14.6. The Bertz CT molecular complexity index is 1610. The first kappa shape index (κ1) is 29.7. The molecule has 0 unspecified atom stereocenters. The minimum absolute atomic E-state index is 0.314. The van der Waals surface area contributed by atoms with Crippen molar-refractivity contribution in [2.75, 3.05) is 51.2 Å². The molecule has 0 bridgehead atoms. The number of hydrogen-bond donors (Lipinski definition) is 3. The molecule has 0 amide bonds. The number of aromatic amines is 2. The van der Waals surface area contributed by atoms with Crippen LogP contribution in [0.4, 0.5) is 10.2 Å². The fraction of sp³-hybridized carbons (Fsp3) is 0.412. The van der Waals surface area contributed by atoms with E-state index in [0.717, 1.165) is 72.2 Å². The average Bonchev–Trinajstić information content (AvgIpc) is 3.78. The highest BCUT2D eigenvalue weighted by atomic mass is 19.1. The summed E-state index contributed by atoms with van der Waals surface area (Å²) in [4.78, 5) is 12.8. The second-order valence-electron chi connectivity index (χ2n) is 11.5. The minimum atomic E-state index is -0.408. The van der Waals surface area contributed by atoms with Crippen molar-refractivity contribution < 1.29 is 4.39 Å². The molecule has 4 heterocycles. The Hall–Kier alpha value is -3.75. The zero-order chi connectivity index (χ0) is 29.6. The number of hydrogen-bond acceptors (Lipinski definition) is 5. The number of H-pyrrole nitrogens is 2. The third kappa shape index (κ3) is 6.35. The normalized spacial score (nSPS) is 18.8. The van der Waals surface area contributed by atoms with Gasteiger partial charge < -0.3 is 20.1 Å². The van der Waals surface area contributed by atoms with Gasteiger partial charge in [-0.2, -0.15) is 5.10 Å². The van der Waals surface area contributed by atoms with Crippen molar-refractivity contribution in [3.05, 3.63) is 77.0 Å². The molecule has 2 aliphatic rings. The van der Waals surface area contributed by atoms with Crippen LogP contribution < -0.4 is 20.8 Å². The second-order valence-corrected chi connectivity index (χ2v) is 11.5. The number of halogens is 1. The monoisotopic (exact) mass is 569 g/mol. The van der Waals surface area contributed by atoms with Crippen LogP contribution in [0, 0.1) is 5.92 Å². The summed E-state index contributed by atoms with van der Waals surface area (Å²) < 4.78 is 16.5. The molecule has 0 atom stereocenters. The van der Waals surface area contributed by atoms with Crippen LogP contribution in [0.3, 0.4) is 0 Å². The van der Waals surface area contributed by atoms with Crippen LogP contribution in [0.1, 0.15) is 39.5 Å². The summed E-state index contributed by atoms with van der Waals surface area (Å²) in [5.41, 5.74) is 4.23. The fourth-order valence-electron chi connectivity index (χ4n) is 6.06. The van der Waals surface area contributed by atoms with Crippen LogP contribution in [-0.4, -0.2) is 71.4 Å². The zero-order valence-electron chi connectivity index (χ0n) is 25.3. The van der Waals surface area contributed by atoms with Gasteiger partial charge in [0.25, 0.3) is 0 Å². The van der Waals surface area contributed by atoms with Crippen LogP contribution in [-0.2, 0) is 0 Å². The Morgan fingerprint density at radius 1 is 1.19 bits per heavy atom. The molecule has 1 aliphatic heterocycles. The van der Waals surface area contributed by atoms with Gasteiger partial charge in [-0.15, -0.1) is 0 Å². The van der Waals surface area contributed by atoms with Gasteiger partial charge in [-0.1, -0.05) is 50.3 Å². The summed E-state index contributed by atoms with van der Waals surface area (Å²) in [7, 11) is 2.14. The lowest BCUT2D eigenvalue weighted by atomic mass is 10.0. The summed E-state index contributed by atoms with van der Waals surface area (Å²) in [6.45, 7) is 17.5. The third-order valence-corrected chi connectivity index (χ3v) is 8.65. The van der Waals surface area contributed by atoms with Crippen molar-refractivity contribution in [3.8, 4) is 11.4 Å². The van der Waals surface area contributed by atoms with E-state index in [1.54, 1.807) is 0 Å². The standard InChI is InChI=1S/C34H44FN7/c1-6-24(21-36-22-25-11-9-10-12-25)19-26(7-2)23(4)32(35)31-28(8-3)39-40-33(31)30-20-27-29(38-30)13-14-37-34(27)42-17-15-41(5)16-18-42/h6-8,13-14,19-20,25,36,38-39H,1,4,9-12,15-18,21-22H2,2-3,5H3/b24-19+,26-7+,28-8+,32-31-. The highest BCUT2D eigenvalue weighted by molar-refractivity contribution is 5.94. The first-order chi connectivity index (χ1) is 20.4. The number of rotatable bonds is 10. The lowest BCUT2D eigenvalue weighted by molar-refractivity contribution is 0.312. The minimum Gasteiger partial charge on any atom is -0.353 e. The fourth-order valence-corrected chi connectivity index (χ4v) is 6.06. The lowest BCUT2D eigenvalue weighted by Crippen LogP contribution is -2.44. The van der Waals surface area contributed by atoms with Gasteiger partial charge in [0.1, 0.15) is 17.3 Å². The number of nitrogens with zero attached hydrogens (tertiary/aromatic N) is 4. The molecule has 1 saturated carbocycles. The van der Waals surface area contributed by atoms with Crippen LogP contribution >= 0.6 is 0 Å². The van der Waals surface area contributed by atoms with Crippen LogP contribution in [0.2, 0.25) is 0 Å². The van der Waals surface area contributed by atoms with Gasteiger partial charge in [0, 0.05) is 49.9 Å². The first-order valence-corrected chi connectivity index (χ1v) is 15.1. The SMILES string of the molecule is C=C/C(=C\C(=C/C)C(=C)/C(F)=c1/c(-c2cc3c(N4CCN(C)CC4)nccc3[nH]2)n[nH]/c1=C/C)CNCC1CCCC1. The molecule has 8 heteroatoms. The number of likely N-dealkylation sites (N-methyl/N-ethyl adjacent to an activating group) is 1. The topological polar surface area (TPSA) is 75.9 Å². The number of aromatic nitrogens is 4. The molecule has 5 rings (SSSR count). The Balaban J connectivity index is 1.47. The number of nitrogens with one attached hydrogen (secondary N) is 3. The summed E-state index contributed by atoms with van der Waals surface area (Å²) >= 11 is 0. The molecule has 2 fully saturated rings. The average molecular weight is 570 g/mol. The Morgan fingerprint density at radius 3 is 2.64 bits per heavy atom. The molecule has 1 saturated heterocycles. The molecule has 1 aliphatic carbocycles. The molecule has 0 radical (unpaired) electrons. The Morgan fingerprint density at radius 2 is 1.95 bits per heavy atom. The largest absolute Gasteiger partial charge is 0.353 e. The van der Waals surface area contributed by atoms with Gasteiger partial charge >= 0.3 is 0 Å². The summed E-state index contributed by atoms with van der Waals surface area (Å²) in [6, 6.07) is 3.99. The highest BCUT2D eigenvalue weighted by Gasteiger charge is 2.21. The maximum Gasteiger partial charge on any atom is 0.142 e. The maximum absolute atomic E-state index is 16.5. The molecule has 222 valence electrons. The van der Waals surface area contributed by atoms with Gasteiger partial charge in [-0.3, -0.25) is 5.10 Å². The van der Waals surface area contributed by atoms with E-state index in [2.05, 4.69) is 50.5 Å². The molecular weight excluding hydrogens is 525 g/mol. The molecule has 42 heavy (non-hydrogen) atoms. The summed E-state index contributed by atoms with van der Waals surface area (Å²) in [5.74, 6) is 1.28. The molecule has 7 nitrogen and oxygen atoms in total. The van der Waals surface area contributed by atoms with Crippen LogP contribution in [0.25, 0.3) is 34.2 Å². The number of piperazine rings is 1. The van der Waals surface area contributed by atoms with Gasteiger partial charge in [0.05, 0.1) is 21.8 Å². The van der Waals surface area contributed by atoms with Crippen molar-refractivity contribution in [1.29, 1.82) is 0 Å². The molecule has 3 aromatic heterocycles. The van der Waals surface area contributed by atoms with Gasteiger partial charge in [-0.25, -0.2) is 9.37 Å². The lowest BCUT2D eigenvalue weighted by Gasteiger charge is -2.33. The number of anilines is 1. The second kappa shape index (κ2) is 13.5. The van der Waals surface area contributed by atoms with E-state index in [1.165, 1.54) is 25.7 Å². The predicted octanol–water partition coefficient (Wildman–Crippen LogP) is 4.98. The van der Waals surface area contributed by atoms with Crippen molar-refractivity contribution >= 4 is 28.6 Å². The molecule has 0 spiro atoms. The summed E-state index contributed by atoms with van der Waals surface area (Å²) in [5, 5.41) is 13.2. The molecule has 3 aromatic rings. The molecular formula is C34H44FN7. The number of allylic oxidation sites excluding steroid dienone is 4. The first-order valence-electron chi connectivity index (χ1n) is 15.1. The van der Waals surface area contributed by atoms with Gasteiger partial charge in [0.2, 0.25) is 0 Å². The van der Waals surface area contributed by atoms with E-state index >= 15 is 4.39 Å².